The Hall–Kier alpha value is -3.36. The molecule has 0 aliphatic heterocycles. The third kappa shape index (κ3) is 4.87. The largest absolute Gasteiger partial charge is 0.497 e. The zero-order valence-corrected chi connectivity index (χ0v) is 14.8. The summed E-state index contributed by atoms with van der Waals surface area (Å²) in [6.45, 7) is 0. The van der Waals surface area contributed by atoms with Gasteiger partial charge in [0, 0.05) is 24.1 Å². The minimum atomic E-state index is -4.47. The van der Waals surface area contributed by atoms with Crippen molar-refractivity contribution in [3.8, 4) is 17.2 Å². The summed E-state index contributed by atoms with van der Waals surface area (Å²) < 4.78 is 48.7. The Morgan fingerprint density at radius 1 is 1.14 bits per heavy atom. The van der Waals surface area contributed by atoms with Crippen LogP contribution < -0.4 is 10.1 Å². The predicted molar refractivity (Wildman–Crippen MR) is 94.7 cm³/mol. The van der Waals surface area contributed by atoms with Gasteiger partial charge in [-0.25, -0.2) is 0 Å². The predicted octanol–water partition coefficient (Wildman–Crippen LogP) is 4.34. The number of nitrogens with one attached hydrogen (secondary N) is 1. The lowest BCUT2D eigenvalue weighted by atomic mass is 10.2. The van der Waals surface area contributed by atoms with E-state index in [1.54, 1.807) is 31.4 Å². The molecule has 6 nitrogen and oxygen atoms in total. The Bertz CT molecular complexity index is 953. The monoisotopic (exact) mass is 391 g/mol. The van der Waals surface area contributed by atoms with Gasteiger partial charge >= 0.3 is 6.18 Å². The number of hydrogen-bond acceptors (Lipinski definition) is 5. The van der Waals surface area contributed by atoms with Gasteiger partial charge in [-0.15, -0.1) is 10.2 Å². The number of carbonyl (C=O) groups excluding carboxylic acids is 1. The third-order valence-electron chi connectivity index (χ3n) is 3.84. The number of amides is 1. The second-order valence-electron chi connectivity index (χ2n) is 5.86. The molecule has 0 saturated heterocycles. The Morgan fingerprint density at radius 3 is 2.57 bits per heavy atom. The zero-order chi connectivity index (χ0) is 20.1. The van der Waals surface area contributed by atoms with Crippen LogP contribution in [-0.2, 0) is 17.4 Å². The lowest BCUT2D eigenvalue weighted by Crippen LogP contribution is -2.13. The van der Waals surface area contributed by atoms with Gasteiger partial charge in [-0.05, 0) is 42.5 Å². The molecule has 0 unspecified atom stereocenters. The molecule has 3 rings (SSSR count). The molecule has 1 amide bonds. The summed E-state index contributed by atoms with van der Waals surface area (Å²) >= 11 is 0. The van der Waals surface area contributed by atoms with Gasteiger partial charge in [0.2, 0.25) is 17.7 Å². The number of halogens is 3. The van der Waals surface area contributed by atoms with Crippen LogP contribution in [0.1, 0.15) is 17.9 Å². The summed E-state index contributed by atoms with van der Waals surface area (Å²) in [5.41, 5.74) is -0.0522. The molecule has 9 heteroatoms. The summed E-state index contributed by atoms with van der Waals surface area (Å²) in [5, 5.41) is 10.2. The van der Waals surface area contributed by atoms with Gasteiger partial charge in [-0.3, -0.25) is 4.79 Å². The average molecular weight is 391 g/mol. The lowest BCUT2D eigenvalue weighted by Gasteiger charge is -2.09. The van der Waals surface area contributed by atoms with Gasteiger partial charge in [0.05, 0.1) is 12.7 Å². The molecule has 0 atom stereocenters. The van der Waals surface area contributed by atoms with Crippen LogP contribution in [0.4, 0.5) is 18.9 Å². The number of aromatic nitrogens is 2. The van der Waals surface area contributed by atoms with E-state index < -0.39 is 17.6 Å². The maximum absolute atomic E-state index is 12.7. The van der Waals surface area contributed by atoms with Gasteiger partial charge in [0.25, 0.3) is 0 Å². The number of hydrogen-bond donors (Lipinski definition) is 1. The molecule has 0 aliphatic rings. The molecule has 1 aromatic heterocycles. The van der Waals surface area contributed by atoms with E-state index in [0.717, 1.165) is 12.1 Å². The van der Waals surface area contributed by atoms with Gasteiger partial charge in [-0.1, -0.05) is 6.07 Å². The van der Waals surface area contributed by atoms with E-state index in [0.29, 0.717) is 17.2 Å². The molecule has 0 fully saturated rings. The van der Waals surface area contributed by atoms with Crippen molar-refractivity contribution in [1.82, 2.24) is 10.2 Å². The number of methoxy groups -OCH3 is 1. The average Bonchev–Trinajstić information content (AvgIpc) is 3.15. The Kier molecular flexibility index (Phi) is 5.62. The molecule has 0 bridgehead atoms. The topological polar surface area (TPSA) is 77.2 Å². The summed E-state index contributed by atoms with van der Waals surface area (Å²) in [5.74, 6) is 0.791. The van der Waals surface area contributed by atoms with Crippen molar-refractivity contribution in [2.45, 2.75) is 19.0 Å². The van der Waals surface area contributed by atoms with Gasteiger partial charge in [0.15, 0.2) is 0 Å². The maximum atomic E-state index is 12.7. The number of nitrogens with zero attached hydrogens (tertiary/aromatic N) is 2. The van der Waals surface area contributed by atoms with E-state index >= 15 is 0 Å². The highest BCUT2D eigenvalue weighted by Crippen LogP contribution is 2.30. The van der Waals surface area contributed by atoms with Crippen molar-refractivity contribution in [3.63, 3.8) is 0 Å². The van der Waals surface area contributed by atoms with Crippen molar-refractivity contribution in [2.75, 3.05) is 12.4 Å². The number of aryl methyl sites for hydroxylation is 1. The number of alkyl halides is 3. The van der Waals surface area contributed by atoms with Crippen molar-refractivity contribution < 1.29 is 27.1 Å². The highest BCUT2D eigenvalue weighted by molar-refractivity contribution is 5.90. The quantitative estimate of drug-likeness (QED) is 0.677. The van der Waals surface area contributed by atoms with Gasteiger partial charge in [-0.2, -0.15) is 13.2 Å². The Balaban J connectivity index is 1.57. The molecule has 0 spiro atoms. The second kappa shape index (κ2) is 8.12. The number of ether oxygens (including phenoxy) is 1. The van der Waals surface area contributed by atoms with Gasteiger partial charge < -0.3 is 14.5 Å². The first-order valence-corrected chi connectivity index (χ1v) is 8.29. The summed E-state index contributed by atoms with van der Waals surface area (Å²) in [6, 6.07) is 11.5. The third-order valence-corrected chi connectivity index (χ3v) is 3.84. The number of anilines is 1. The normalized spacial score (nSPS) is 11.3. The molecule has 0 radical (unpaired) electrons. The highest BCUT2D eigenvalue weighted by atomic mass is 19.4. The van der Waals surface area contributed by atoms with E-state index in [4.69, 9.17) is 9.15 Å². The van der Waals surface area contributed by atoms with Gasteiger partial charge in [0.1, 0.15) is 5.75 Å². The smallest absolute Gasteiger partial charge is 0.416 e. The van der Waals surface area contributed by atoms with Crippen molar-refractivity contribution >= 4 is 11.6 Å². The fourth-order valence-corrected chi connectivity index (χ4v) is 2.42. The molecule has 0 saturated carbocycles. The van der Waals surface area contributed by atoms with Crippen LogP contribution >= 0.6 is 0 Å². The van der Waals surface area contributed by atoms with Crippen molar-refractivity contribution in [1.29, 1.82) is 0 Å². The first kappa shape index (κ1) is 19.4. The fraction of sp³-hybridized carbons (Fsp3) is 0.211. The molecule has 0 aliphatic carbocycles. The zero-order valence-electron chi connectivity index (χ0n) is 14.8. The molecule has 2 aromatic carbocycles. The Labute approximate surface area is 158 Å². The fourth-order valence-electron chi connectivity index (χ4n) is 2.42. The van der Waals surface area contributed by atoms with Crippen molar-refractivity contribution in [3.05, 3.63) is 60.0 Å². The molecule has 1 N–H and O–H groups in total. The van der Waals surface area contributed by atoms with E-state index in [9.17, 15) is 18.0 Å². The van der Waals surface area contributed by atoms with E-state index in [1.807, 2.05) is 0 Å². The van der Waals surface area contributed by atoms with Crippen LogP contribution in [0, 0.1) is 0 Å². The summed E-state index contributed by atoms with van der Waals surface area (Å²) in [7, 11) is 1.56. The molecular weight excluding hydrogens is 375 g/mol. The molecule has 3 aromatic rings. The first-order valence-electron chi connectivity index (χ1n) is 8.29. The van der Waals surface area contributed by atoms with E-state index in [1.165, 1.54) is 12.1 Å². The van der Waals surface area contributed by atoms with Crippen LogP contribution in [-0.4, -0.2) is 23.2 Å². The van der Waals surface area contributed by atoms with Crippen LogP contribution in [0.3, 0.4) is 0 Å². The highest BCUT2D eigenvalue weighted by Gasteiger charge is 2.30. The molecule has 1 heterocycles. The number of carbonyl (C=O) groups is 1. The minimum Gasteiger partial charge on any atom is -0.497 e. The molecule has 28 heavy (non-hydrogen) atoms. The first-order chi connectivity index (χ1) is 13.3. The summed E-state index contributed by atoms with van der Waals surface area (Å²) in [6.07, 6.45) is -4.32. The lowest BCUT2D eigenvalue weighted by molar-refractivity contribution is -0.137. The standard InChI is InChI=1S/C19H16F3N3O3/c1-27-15-7-5-12(6-8-15)18-25-24-17(28-18)10-9-16(26)23-14-4-2-3-13(11-14)19(20,21)22/h2-8,11H,9-10H2,1H3,(H,23,26). The maximum Gasteiger partial charge on any atom is 0.416 e. The van der Waals surface area contributed by atoms with E-state index in [2.05, 4.69) is 15.5 Å². The van der Waals surface area contributed by atoms with Crippen LogP contribution in [0.25, 0.3) is 11.5 Å². The van der Waals surface area contributed by atoms with E-state index in [-0.39, 0.29) is 24.4 Å². The SMILES string of the molecule is COc1ccc(-c2nnc(CCC(=O)Nc3cccc(C(F)(F)F)c3)o2)cc1. The molecular formula is C19H16F3N3O3. The van der Waals surface area contributed by atoms with Crippen LogP contribution in [0.15, 0.2) is 52.9 Å². The molecule has 146 valence electrons. The van der Waals surface area contributed by atoms with Crippen molar-refractivity contribution in [2.24, 2.45) is 0 Å². The van der Waals surface area contributed by atoms with Crippen LogP contribution in [0.5, 0.6) is 5.75 Å². The Morgan fingerprint density at radius 2 is 1.89 bits per heavy atom. The van der Waals surface area contributed by atoms with Crippen LogP contribution in [0.2, 0.25) is 0 Å². The second-order valence-corrected chi connectivity index (χ2v) is 5.86. The number of benzene rings is 2. The summed E-state index contributed by atoms with van der Waals surface area (Å²) in [4.78, 5) is 12.0. The number of rotatable bonds is 6. The minimum absolute atomic E-state index is 0.0134.